The highest BCUT2D eigenvalue weighted by atomic mass is 16.6. The Morgan fingerprint density at radius 3 is 2.75 bits per heavy atom. The minimum atomic E-state index is -0.452. The van der Waals surface area contributed by atoms with Crippen molar-refractivity contribution in [1.82, 2.24) is 14.9 Å². The number of fused-ring (bicyclic) bond motifs is 1. The molecule has 0 bridgehead atoms. The number of H-pyrrole nitrogens is 1. The molecule has 1 fully saturated rings. The minimum absolute atomic E-state index is 0.0712. The molecule has 0 radical (unpaired) electrons. The van der Waals surface area contributed by atoms with Crippen LogP contribution in [0, 0.1) is 22.5 Å². The Balaban J connectivity index is 1.92. The van der Waals surface area contributed by atoms with Gasteiger partial charge in [-0.05, 0) is 6.07 Å². The molecule has 3 rings (SSSR count). The van der Waals surface area contributed by atoms with E-state index in [0.29, 0.717) is 30.7 Å². The Bertz CT molecular complexity index is 862. The normalized spacial score (nSPS) is 15.4. The van der Waals surface area contributed by atoms with Crippen molar-refractivity contribution in [3.05, 3.63) is 38.9 Å². The maximum Gasteiger partial charge on any atom is 0.293 e. The third-order valence-corrected chi connectivity index (χ3v) is 4.22. The summed E-state index contributed by atoms with van der Waals surface area (Å²) in [5.74, 6) is 2.62. The van der Waals surface area contributed by atoms with E-state index in [4.69, 9.17) is 6.42 Å². The van der Waals surface area contributed by atoms with Gasteiger partial charge in [-0.3, -0.25) is 19.8 Å². The molecule has 0 amide bonds. The lowest BCUT2D eigenvalue weighted by molar-refractivity contribution is -0.384. The van der Waals surface area contributed by atoms with Crippen LogP contribution < -0.4 is 10.5 Å². The van der Waals surface area contributed by atoms with Gasteiger partial charge in [0.25, 0.3) is 11.2 Å². The zero-order chi connectivity index (χ0) is 17.1. The van der Waals surface area contributed by atoms with Gasteiger partial charge in [0.1, 0.15) is 5.69 Å². The molecule has 1 saturated heterocycles. The first-order chi connectivity index (χ1) is 11.6. The first-order valence-corrected chi connectivity index (χ1v) is 7.67. The quantitative estimate of drug-likeness (QED) is 0.511. The topological polar surface area (TPSA) is 95.4 Å². The highest BCUT2D eigenvalue weighted by molar-refractivity contribution is 5.87. The van der Waals surface area contributed by atoms with Crippen LogP contribution in [0.25, 0.3) is 10.9 Å². The lowest BCUT2D eigenvalue weighted by Gasteiger charge is -2.35. The summed E-state index contributed by atoms with van der Waals surface area (Å²) in [6.45, 7) is 3.75. The summed E-state index contributed by atoms with van der Waals surface area (Å²) in [5, 5.41) is 11.7. The molecule has 0 aliphatic carbocycles. The molecular weight excluding hydrogens is 310 g/mol. The average molecular weight is 327 g/mol. The van der Waals surface area contributed by atoms with E-state index in [1.54, 1.807) is 6.07 Å². The summed E-state index contributed by atoms with van der Waals surface area (Å²) < 4.78 is 0. The molecule has 8 heteroatoms. The number of aromatic nitrogens is 2. The molecule has 0 atom stereocenters. The Morgan fingerprint density at radius 1 is 1.33 bits per heavy atom. The molecule has 1 aromatic carbocycles. The maximum atomic E-state index is 11.8. The van der Waals surface area contributed by atoms with Crippen molar-refractivity contribution < 1.29 is 4.92 Å². The maximum absolute atomic E-state index is 11.8. The number of anilines is 1. The average Bonchev–Trinajstić information content (AvgIpc) is 2.59. The summed E-state index contributed by atoms with van der Waals surface area (Å²) in [5.41, 5.74) is 0.503. The molecule has 0 saturated carbocycles. The zero-order valence-corrected chi connectivity index (χ0v) is 13.1. The predicted octanol–water partition coefficient (Wildman–Crippen LogP) is 0.977. The zero-order valence-electron chi connectivity index (χ0n) is 13.1. The molecule has 124 valence electrons. The van der Waals surface area contributed by atoms with Crippen molar-refractivity contribution >= 4 is 22.3 Å². The molecule has 24 heavy (non-hydrogen) atoms. The van der Waals surface area contributed by atoms with Gasteiger partial charge in [-0.15, -0.1) is 12.3 Å². The summed E-state index contributed by atoms with van der Waals surface area (Å²) in [6.07, 6.45) is 7.29. The number of piperazine rings is 1. The van der Waals surface area contributed by atoms with Crippen LogP contribution in [0.2, 0.25) is 0 Å². The fraction of sp³-hybridized carbons (Fsp3) is 0.375. The second kappa shape index (κ2) is 6.68. The first-order valence-electron chi connectivity index (χ1n) is 7.67. The van der Waals surface area contributed by atoms with E-state index >= 15 is 0 Å². The fourth-order valence-corrected chi connectivity index (χ4v) is 2.93. The van der Waals surface area contributed by atoms with Gasteiger partial charge in [0.15, 0.2) is 0 Å². The van der Waals surface area contributed by atoms with Crippen molar-refractivity contribution in [2.24, 2.45) is 0 Å². The van der Waals surface area contributed by atoms with Crippen LogP contribution in [0.4, 0.5) is 11.4 Å². The van der Waals surface area contributed by atoms with Crippen LogP contribution in [-0.4, -0.2) is 52.5 Å². The SMILES string of the molecule is C#CCCN1CCN(c2cc3nc[nH]c(=O)c3cc2[N+](=O)[O-])CC1. The molecule has 2 heterocycles. The molecule has 0 spiro atoms. The Labute approximate surface area is 138 Å². The van der Waals surface area contributed by atoms with Crippen molar-refractivity contribution in [2.75, 3.05) is 37.6 Å². The Kier molecular flexibility index (Phi) is 4.44. The standard InChI is InChI=1S/C16H17N5O3/c1-2-3-4-19-5-7-20(8-6-19)14-10-13-12(9-15(14)21(23)24)16(22)18-11-17-13/h1,9-11H,3-8H2,(H,17,18,22). The number of terminal acetylenes is 1. The van der Waals surface area contributed by atoms with Crippen LogP contribution in [-0.2, 0) is 0 Å². The number of hydrogen-bond donors (Lipinski definition) is 1. The number of nitro benzene ring substituents is 1. The molecular formula is C16H17N5O3. The van der Waals surface area contributed by atoms with Gasteiger partial charge in [0, 0.05) is 45.2 Å². The van der Waals surface area contributed by atoms with Gasteiger partial charge in [0.05, 0.1) is 22.2 Å². The third kappa shape index (κ3) is 3.07. The van der Waals surface area contributed by atoms with Crippen molar-refractivity contribution in [3.8, 4) is 12.3 Å². The van der Waals surface area contributed by atoms with E-state index in [1.807, 2.05) is 4.90 Å². The summed E-state index contributed by atoms with van der Waals surface area (Å²) in [4.78, 5) is 33.6. The van der Waals surface area contributed by atoms with Gasteiger partial charge in [0.2, 0.25) is 0 Å². The Morgan fingerprint density at radius 2 is 2.08 bits per heavy atom. The van der Waals surface area contributed by atoms with Gasteiger partial charge < -0.3 is 9.88 Å². The second-order valence-corrected chi connectivity index (χ2v) is 5.63. The highest BCUT2D eigenvalue weighted by Gasteiger charge is 2.25. The number of nitrogens with one attached hydrogen (secondary N) is 1. The summed E-state index contributed by atoms with van der Waals surface area (Å²) in [6, 6.07) is 2.93. The van der Waals surface area contributed by atoms with Crippen molar-refractivity contribution in [2.45, 2.75) is 6.42 Å². The number of rotatable bonds is 4. The number of nitrogens with zero attached hydrogens (tertiary/aromatic N) is 4. The number of aromatic amines is 1. The monoisotopic (exact) mass is 327 g/mol. The first kappa shape index (κ1) is 16.0. The third-order valence-electron chi connectivity index (χ3n) is 4.22. The lowest BCUT2D eigenvalue weighted by atomic mass is 10.1. The lowest BCUT2D eigenvalue weighted by Crippen LogP contribution is -2.46. The van der Waals surface area contributed by atoms with Crippen LogP contribution >= 0.6 is 0 Å². The predicted molar refractivity (Wildman–Crippen MR) is 91.1 cm³/mol. The number of benzene rings is 1. The van der Waals surface area contributed by atoms with E-state index in [0.717, 1.165) is 19.6 Å². The van der Waals surface area contributed by atoms with E-state index < -0.39 is 4.92 Å². The van der Waals surface area contributed by atoms with Crippen LogP contribution in [0.15, 0.2) is 23.3 Å². The van der Waals surface area contributed by atoms with Gasteiger partial charge in [-0.2, -0.15) is 0 Å². The molecule has 0 unspecified atom stereocenters. The van der Waals surface area contributed by atoms with Gasteiger partial charge in [-0.1, -0.05) is 0 Å². The van der Waals surface area contributed by atoms with Crippen molar-refractivity contribution in [3.63, 3.8) is 0 Å². The van der Waals surface area contributed by atoms with Gasteiger partial charge in [-0.25, -0.2) is 4.98 Å². The highest BCUT2D eigenvalue weighted by Crippen LogP contribution is 2.31. The Hall–Kier alpha value is -2.92. The van der Waals surface area contributed by atoms with E-state index in [1.165, 1.54) is 12.4 Å². The van der Waals surface area contributed by atoms with Gasteiger partial charge >= 0.3 is 0 Å². The molecule has 2 aromatic rings. The van der Waals surface area contributed by atoms with Crippen LogP contribution in [0.3, 0.4) is 0 Å². The summed E-state index contributed by atoms with van der Waals surface area (Å²) >= 11 is 0. The van der Waals surface area contributed by atoms with E-state index in [2.05, 4.69) is 20.8 Å². The van der Waals surface area contributed by atoms with Crippen LogP contribution in [0.5, 0.6) is 0 Å². The second-order valence-electron chi connectivity index (χ2n) is 5.63. The molecule has 8 nitrogen and oxygen atoms in total. The minimum Gasteiger partial charge on any atom is -0.363 e. The van der Waals surface area contributed by atoms with Crippen LogP contribution in [0.1, 0.15) is 6.42 Å². The fourth-order valence-electron chi connectivity index (χ4n) is 2.93. The van der Waals surface area contributed by atoms with E-state index in [-0.39, 0.29) is 16.6 Å². The molecule has 1 aromatic heterocycles. The van der Waals surface area contributed by atoms with Crippen molar-refractivity contribution in [1.29, 1.82) is 0 Å². The summed E-state index contributed by atoms with van der Waals surface area (Å²) in [7, 11) is 0. The molecule has 1 aliphatic rings. The largest absolute Gasteiger partial charge is 0.363 e. The van der Waals surface area contributed by atoms with E-state index in [9.17, 15) is 14.9 Å². The molecule has 1 aliphatic heterocycles. The molecule has 1 N–H and O–H groups in total. The number of nitro groups is 1. The number of hydrogen-bond acceptors (Lipinski definition) is 6. The smallest absolute Gasteiger partial charge is 0.293 e.